The maximum Gasteiger partial charge on any atom is 0.274 e. The van der Waals surface area contributed by atoms with Gasteiger partial charge in [-0.1, -0.05) is 11.2 Å². The Morgan fingerprint density at radius 2 is 2.02 bits per heavy atom. The Morgan fingerprint density at radius 3 is 2.77 bits per heavy atom. The number of aromatic amines is 1. The number of pyridine rings is 1. The summed E-state index contributed by atoms with van der Waals surface area (Å²) in [6, 6.07) is 7.34. The lowest BCUT2D eigenvalue weighted by atomic mass is 10.1. The number of ketones is 1. The highest BCUT2D eigenvalue weighted by Gasteiger charge is 2.26. The normalized spacial score (nSPS) is 11.6. The minimum atomic E-state index is -1.01. The van der Waals surface area contributed by atoms with Gasteiger partial charge in [-0.25, -0.2) is 4.98 Å². The number of rotatable bonds is 12. The fraction of sp³-hybridized carbons (Fsp3) is 0.280. The summed E-state index contributed by atoms with van der Waals surface area (Å²) in [5.74, 6) is -1.65. The van der Waals surface area contributed by atoms with Gasteiger partial charge in [-0.15, -0.1) is 0 Å². The molecule has 208 valence electrons. The largest absolute Gasteiger partial charge is 0.370 e. The number of amides is 2. The van der Waals surface area contributed by atoms with E-state index in [1.165, 1.54) is 25.3 Å². The molecule has 0 spiro atoms. The molecule has 0 saturated carbocycles. The first-order valence-corrected chi connectivity index (χ1v) is 12.3. The molecule has 0 bridgehead atoms. The fourth-order valence-electron chi connectivity index (χ4n) is 3.95. The van der Waals surface area contributed by atoms with Gasteiger partial charge < -0.3 is 36.2 Å². The van der Waals surface area contributed by atoms with E-state index in [4.69, 9.17) is 16.0 Å². The second-order valence-electron chi connectivity index (χ2n) is 8.90. The number of benzene rings is 1. The predicted octanol–water partition coefficient (Wildman–Crippen LogP) is 0.0185. The summed E-state index contributed by atoms with van der Waals surface area (Å²) in [6.45, 7) is 1.37. The third kappa shape index (κ3) is 7.15. The number of nitrogens with two attached hydrogens (primary N) is 2. The van der Waals surface area contributed by atoms with E-state index >= 15 is 0 Å². The number of H-pyrrole nitrogens is 1. The van der Waals surface area contributed by atoms with Crippen molar-refractivity contribution in [3.05, 3.63) is 70.5 Å². The van der Waals surface area contributed by atoms with Crippen LogP contribution in [0, 0.1) is 6.92 Å². The molecule has 2 amide bonds. The first-order valence-electron chi connectivity index (χ1n) is 12.3. The van der Waals surface area contributed by atoms with Gasteiger partial charge in [0.05, 0.1) is 29.8 Å². The van der Waals surface area contributed by atoms with Gasteiger partial charge in [0.25, 0.3) is 5.56 Å². The third-order valence-corrected chi connectivity index (χ3v) is 5.80. The molecular weight excluding hydrogens is 520 g/mol. The number of nitrogens with one attached hydrogen (secondary N) is 3. The van der Waals surface area contributed by atoms with Gasteiger partial charge >= 0.3 is 0 Å². The van der Waals surface area contributed by atoms with Crippen molar-refractivity contribution in [3.63, 3.8) is 0 Å². The number of hydrogen-bond acceptors (Lipinski definition) is 9. The standard InChI is InChI=1S/C25H28N10O5/c1-14-31-23(34-40-14)22(38)17(4-2-8-28-25(26)27)32-21(37)12-35-9-3-5-18(24(35)39)33-20(36)11-15-6-7-16-19(10-15)30-13-29-16/h3,5-7,9-10,13,17H,2,4,8,11-12H2,1H3,(H,29,30)(H,32,37)(H,33,36)(H4,26,27,28)/t17-/m0/s1. The highest BCUT2D eigenvalue weighted by Crippen LogP contribution is 2.13. The maximum atomic E-state index is 13.0. The SMILES string of the molecule is Cc1nc(C(=O)[C@H](CCCN=C(N)N)NC(=O)Cn2cccc(NC(=O)Cc3ccc4nc[nH]c4c3)c2=O)no1. The molecule has 0 aliphatic carbocycles. The first-order chi connectivity index (χ1) is 19.2. The van der Waals surface area contributed by atoms with Gasteiger partial charge in [-0.2, -0.15) is 4.98 Å². The molecule has 4 rings (SSSR count). The van der Waals surface area contributed by atoms with Crippen molar-refractivity contribution in [2.45, 2.75) is 38.8 Å². The molecule has 1 atom stereocenters. The van der Waals surface area contributed by atoms with Crippen LogP contribution in [-0.2, 0) is 22.6 Å². The summed E-state index contributed by atoms with van der Waals surface area (Å²) in [5, 5.41) is 8.84. The van der Waals surface area contributed by atoms with Crippen LogP contribution in [0.2, 0.25) is 0 Å². The van der Waals surface area contributed by atoms with Crippen LogP contribution in [0.5, 0.6) is 0 Å². The number of imidazole rings is 1. The lowest BCUT2D eigenvalue weighted by Crippen LogP contribution is -2.44. The van der Waals surface area contributed by atoms with Crippen LogP contribution in [0.3, 0.4) is 0 Å². The Hall–Kier alpha value is -5.34. The van der Waals surface area contributed by atoms with E-state index in [9.17, 15) is 19.2 Å². The molecule has 7 N–H and O–H groups in total. The molecule has 15 heteroatoms. The minimum Gasteiger partial charge on any atom is -0.370 e. The van der Waals surface area contributed by atoms with Crippen molar-refractivity contribution < 1.29 is 18.9 Å². The van der Waals surface area contributed by atoms with Crippen molar-refractivity contribution in [1.82, 2.24) is 30.0 Å². The summed E-state index contributed by atoms with van der Waals surface area (Å²) in [4.78, 5) is 66.3. The number of aryl methyl sites for hydroxylation is 1. The van der Waals surface area contributed by atoms with Crippen LogP contribution >= 0.6 is 0 Å². The molecule has 0 aliphatic heterocycles. The Bertz CT molecular complexity index is 1620. The molecule has 15 nitrogen and oxygen atoms in total. The number of carbonyl (C=O) groups is 3. The number of fused-ring (bicyclic) bond motifs is 1. The number of Topliss-reactive ketones (excluding diaryl/α,β-unsaturated/α-hetero) is 1. The van der Waals surface area contributed by atoms with Gasteiger partial charge in [0.2, 0.25) is 29.3 Å². The van der Waals surface area contributed by atoms with Crippen LogP contribution < -0.4 is 27.7 Å². The van der Waals surface area contributed by atoms with Crippen LogP contribution in [0.1, 0.15) is 34.9 Å². The number of nitrogens with zero attached hydrogens (tertiary/aromatic N) is 5. The molecule has 3 heterocycles. The van der Waals surface area contributed by atoms with E-state index in [1.54, 1.807) is 24.5 Å². The van der Waals surface area contributed by atoms with E-state index in [0.717, 1.165) is 21.2 Å². The van der Waals surface area contributed by atoms with Gasteiger partial charge in [-0.3, -0.25) is 24.2 Å². The van der Waals surface area contributed by atoms with Crippen LogP contribution in [0.15, 0.2) is 57.2 Å². The second kappa shape index (κ2) is 12.5. The molecule has 0 aliphatic rings. The van der Waals surface area contributed by atoms with E-state index in [2.05, 4.69) is 35.7 Å². The zero-order chi connectivity index (χ0) is 28.6. The van der Waals surface area contributed by atoms with Gasteiger partial charge in [0.1, 0.15) is 12.2 Å². The minimum absolute atomic E-state index is 0.00931. The monoisotopic (exact) mass is 548 g/mol. The Labute approximate surface area is 227 Å². The molecule has 3 aromatic heterocycles. The van der Waals surface area contributed by atoms with Crippen molar-refractivity contribution in [2.24, 2.45) is 16.5 Å². The van der Waals surface area contributed by atoms with E-state index in [0.29, 0.717) is 6.42 Å². The van der Waals surface area contributed by atoms with E-state index < -0.39 is 35.7 Å². The number of guanidine groups is 1. The van der Waals surface area contributed by atoms with E-state index in [1.807, 2.05) is 0 Å². The van der Waals surface area contributed by atoms with Crippen LogP contribution in [0.4, 0.5) is 5.69 Å². The van der Waals surface area contributed by atoms with Crippen LogP contribution in [-0.4, -0.2) is 60.8 Å². The van der Waals surface area contributed by atoms with E-state index in [-0.39, 0.29) is 42.7 Å². The average Bonchev–Trinajstić information content (AvgIpc) is 3.56. The van der Waals surface area contributed by atoms with Gasteiger partial charge in [0.15, 0.2) is 5.96 Å². The number of carbonyl (C=O) groups excluding carboxylic acids is 3. The molecule has 1 aromatic carbocycles. The lowest BCUT2D eigenvalue weighted by molar-refractivity contribution is -0.122. The molecule has 0 fully saturated rings. The zero-order valence-electron chi connectivity index (χ0n) is 21.6. The quantitative estimate of drug-likeness (QED) is 0.0689. The zero-order valence-corrected chi connectivity index (χ0v) is 21.6. The Morgan fingerprint density at radius 1 is 1.20 bits per heavy atom. The molecule has 0 unspecified atom stereocenters. The highest BCUT2D eigenvalue weighted by atomic mass is 16.5. The molecule has 40 heavy (non-hydrogen) atoms. The Balaban J connectivity index is 1.40. The van der Waals surface area contributed by atoms with Gasteiger partial charge in [0, 0.05) is 19.7 Å². The van der Waals surface area contributed by atoms with Crippen molar-refractivity contribution >= 4 is 40.3 Å². The lowest BCUT2D eigenvalue weighted by Gasteiger charge is -2.16. The average molecular weight is 549 g/mol. The topological polar surface area (TPSA) is 229 Å². The van der Waals surface area contributed by atoms with Gasteiger partial charge in [-0.05, 0) is 42.7 Å². The molecular formula is C25H28N10O5. The van der Waals surface area contributed by atoms with Crippen molar-refractivity contribution in [2.75, 3.05) is 11.9 Å². The number of aromatic nitrogens is 5. The Kier molecular flexibility index (Phi) is 8.63. The van der Waals surface area contributed by atoms with Crippen molar-refractivity contribution in [1.29, 1.82) is 0 Å². The molecule has 0 saturated heterocycles. The summed E-state index contributed by atoms with van der Waals surface area (Å²) < 4.78 is 6.00. The smallest absolute Gasteiger partial charge is 0.274 e. The number of aliphatic imine (C=N–C) groups is 1. The highest BCUT2D eigenvalue weighted by molar-refractivity contribution is 5.99. The maximum absolute atomic E-state index is 13.0. The number of hydrogen-bond donors (Lipinski definition) is 5. The van der Waals surface area contributed by atoms with Crippen molar-refractivity contribution in [3.8, 4) is 0 Å². The second-order valence-corrected chi connectivity index (χ2v) is 8.90. The third-order valence-electron chi connectivity index (χ3n) is 5.80. The molecule has 0 radical (unpaired) electrons. The summed E-state index contributed by atoms with van der Waals surface area (Å²) >= 11 is 0. The summed E-state index contributed by atoms with van der Waals surface area (Å²) in [5.41, 5.74) is 12.4. The fourth-order valence-corrected chi connectivity index (χ4v) is 3.95. The molecule has 4 aromatic rings. The first kappa shape index (κ1) is 27.7. The number of anilines is 1. The summed E-state index contributed by atoms with van der Waals surface area (Å²) in [7, 11) is 0. The summed E-state index contributed by atoms with van der Waals surface area (Å²) in [6.07, 6.45) is 3.56. The van der Waals surface area contributed by atoms with Crippen LogP contribution in [0.25, 0.3) is 11.0 Å². The predicted molar refractivity (Wildman–Crippen MR) is 144 cm³/mol.